The Morgan fingerprint density at radius 3 is 2.47 bits per heavy atom. The first-order valence-electron chi connectivity index (χ1n) is 6.31. The van der Waals surface area contributed by atoms with E-state index in [-0.39, 0.29) is 11.5 Å². The number of aliphatic hydroxyl groups excluding tert-OH is 1. The molecule has 5 nitrogen and oxygen atoms in total. The van der Waals surface area contributed by atoms with Crippen molar-refractivity contribution in [1.29, 1.82) is 0 Å². The number of aliphatic hydroxyl groups is 1. The van der Waals surface area contributed by atoms with E-state index in [0.717, 1.165) is 5.57 Å². The maximum atomic E-state index is 12.5. The van der Waals surface area contributed by atoms with Crippen LogP contribution >= 0.6 is 0 Å². The van der Waals surface area contributed by atoms with Crippen molar-refractivity contribution in [3.05, 3.63) is 30.1 Å². The minimum Gasteiger partial charge on any atom is -0.390 e. The number of hydrogen-bond acceptors (Lipinski definition) is 3. The Hall–Kier alpha value is -1.11. The molecule has 19 heavy (non-hydrogen) atoms. The Kier molecular flexibility index (Phi) is 5.34. The molecule has 0 fully saturated rings. The van der Waals surface area contributed by atoms with E-state index in [4.69, 9.17) is 0 Å². The van der Waals surface area contributed by atoms with Crippen LogP contribution in [0.1, 0.15) is 26.5 Å². The van der Waals surface area contributed by atoms with Gasteiger partial charge in [-0.3, -0.25) is 0 Å². The van der Waals surface area contributed by atoms with Gasteiger partial charge in [-0.05, 0) is 19.9 Å². The van der Waals surface area contributed by atoms with Gasteiger partial charge < -0.3 is 9.67 Å². The molecule has 1 aromatic heterocycles. The fourth-order valence-corrected chi connectivity index (χ4v) is 3.48. The van der Waals surface area contributed by atoms with Crippen molar-refractivity contribution in [2.75, 3.05) is 13.1 Å². The quantitative estimate of drug-likeness (QED) is 0.774. The van der Waals surface area contributed by atoms with Crippen LogP contribution in [0.4, 0.5) is 0 Å². The van der Waals surface area contributed by atoms with Crippen LogP contribution in [-0.4, -0.2) is 35.5 Å². The molecule has 1 rings (SSSR count). The molecule has 108 valence electrons. The molecule has 1 N–H and O–H groups in total. The summed E-state index contributed by atoms with van der Waals surface area (Å²) in [6, 6.07) is 1.53. The first kappa shape index (κ1) is 15.9. The van der Waals surface area contributed by atoms with Crippen LogP contribution in [0.25, 0.3) is 0 Å². The number of likely N-dealkylation sites (N-methyl/N-ethyl adjacent to an activating group) is 1. The number of sulfonamides is 1. The highest BCUT2D eigenvalue weighted by atomic mass is 32.2. The zero-order valence-corrected chi connectivity index (χ0v) is 12.6. The summed E-state index contributed by atoms with van der Waals surface area (Å²) in [5.74, 6) is 0. The molecule has 0 bridgehead atoms. The Bertz CT molecular complexity index is 525. The maximum absolute atomic E-state index is 12.5. The molecule has 0 saturated carbocycles. The second-order valence-electron chi connectivity index (χ2n) is 4.50. The summed E-state index contributed by atoms with van der Waals surface area (Å²) in [4.78, 5) is 0.224. The largest absolute Gasteiger partial charge is 0.390 e. The Morgan fingerprint density at radius 2 is 2.11 bits per heavy atom. The van der Waals surface area contributed by atoms with E-state index < -0.39 is 10.0 Å². The zero-order chi connectivity index (χ0) is 14.6. The van der Waals surface area contributed by atoms with Crippen LogP contribution in [0, 0.1) is 0 Å². The van der Waals surface area contributed by atoms with Crippen molar-refractivity contribution in [2.45, 2.75) is 38.8 Å². The summed E-state index contributed by atoms with van der Waals surface area (Å²) in [6.45, 7) is 10.4. The average molecular weight is 286 g/mol. The van der Waals surface area contributed by atoms with Gasteiger partial charge >= 0.3 is 0 Å². The molecule has 0 aromatic carbocycles. The summed E-state index contributed by atoms with van der Waals surface area (Å²) in [5, 5.41) is 9.23. The molecule has 6 heteroatoms. The summed E-state index contributed by atoms with van der Waals surface area (Å²) in [7, 11) is -3.53. The molecule has 0 unspecified atom stereocenters. The van der Waals surface area contributed by atoms with Crippen LogP contribution in [-0.2, 0) is 23.2 Å². The van der Waals surface area contributed by atoms with Gasteiger partial charge in [-0.1, -0.05) is 19.1 Å². The molecule has 0 aliphatic rings. The van der Waals surface area contributed by atoms with Crippen molar-refractivity contribution in [3.63, 3.8) is 0 Å². The fourth-order valence-electron chi connectivity index (χ4n) is 1.91. The fraction of sp³-hybridized carbons (Fsp3) is 0.538. The molecule has 0 aliphatic heterocycles. The molecular formula is C13H22N2O3S. The van der Waals surface area contributed by atoms with Crippen LogP contribution in [0.5, 0.6) is 0 Å². The maximum Gasteiger partial charge on any atom is 0.244 e. The van der Waals surface area contributed by atoms with Crippen LogP contribution in [0.3, 0.4) is 0 Å². The second-order valence-corrected chi connectivity index (χ2v) is 6.44. The van der Waals surface area contributed by atoms with E-state index in [1.807, 2.05) is 6.92 Å². The third-order valence-corrected chi connectivity index (χ3v) is 4.79. The molecule has 1 aromatic rings. The standard InChI is InChI=1S/C13H22N2O3S/c1-5-14-9-13(7-12(14)10-16)19(17,18)15(6-2)8-11(3)4/h7,9,16H,3,5-6,8,10H2,1-2,4H3. The smallest absolute Gasteiger partial charge is 0.244 e. The first-order chi connectivity index (χ1) is 8.86. The molecule has 0 saturated heterocycles. The lowest BCUT2D eigenvalue weighted by Crippen LogP contribution is -2.32. The molecule has 0 amide bonds. The number of rotatable bonds is 7. The minimum absolute atomic E-state index is 0.171. The van der Waals surface area contributed by atoms with Crippen molar-refractivity contribution in [2.24, 2.45) is 0 Å². The number of nitrogens with zero attached hydrogens (tertiary/aromatic N) is 2. The van der Waals surface area contributed by atoms with Gasteiger partial charge in [0.25, 0.3) is 0 Å². The van der Waals surface area contributed by atoms with Gasteiger partial charge in [-0.25, -0.2) is 8.42 Å². The summed E-state index contributed by atoms with van der Waals surface area (Å²) in [5.41, 5.74) is 1.40. The van der Waals surface area contributed by atoms with Gasteiger partial charge in [-0.2, -0.15) is 4.31 Å². The predicted molar refractivity (Wildman–Crippen MR) is 75.3 cm³/mol. The van der Waals surface area contributed by atoms with E-state index in [9.17, 15) is 13.5 Å². The molecule has 0 radical (unpaired) electrons. The van der Waals surface area contributed by atoms with Crippen molar-refractivity contribution >= 4 is 10.0 Å². The Balaban J connectivity index is 3.18. The SMILES string of the molecule is C=C(C)CN(CC)S(=O)(=O)c1cc(CO)n(CC)c1. The highest BCUT2D eigenvalue weighted by molar-refractivity contribution is 7.89. The lowest BCUT2D eigenvalue weighted by Gasteiger charge is -2.19. The van der Waals surface area contributed by atoms with Crippen LogP contribution in [0.15, 0.2) is 29.3 Å². The van der Waals surface area contributed by atoms with Gasteiger partial charge in [-0.15, -0.1) is 0 Å². The number of aryl methyl sites for hydroxylation is 1. The highest BCUT2D eigenvalue weighted by Crippen LogP contribution is 2.20. The lowest BCUT2D eigenvalue weighted by molar-refractivity contribution is 0.271. The molecule has 0 spiro atoms. The Labute approximate surface area is 115 Å². The van der Waals surface area contributed by atoms with E-state index in [0.29, 0.717) is 25.3 Å². The first-order valence-corrected chi connectivity index (χ1v) is 7.75. The van der Waals surface area contributed by atoms with E-state index >= 15 is 0 Å². The van der Waals surface area contributed by atoms with Gasteiger partial charge in [0.1, 0.15) is 4.90 Å². The summed E-state index contributed by atoms with van der Waals surface area (Å²) < 4.78 is 28.1. The topological polar surface area (TPSA) is 62.5 Å². The molecule has 0 aliphatic carbocycles. The van der Waals surface area contributed by atoms with Crippen molar-refractivity contribution in [3.8, 4) is 0 Å². The lowest BCUT2D eigenvalue weighted by atomic mass is 10.3. The van der Waals surface area contributed by atoms with E-state index in [2.05, 4.69) is 6.58 Å². The van der Waals surface area contributed by atoms with Gasteiger partial charge in [0.15, 0.2) is 0 Å². The van der Waals surface area contributed by atoms with Gasteiger partial charge in [0.2, 0.25) is 10.0 Å². The molecular weight excluding hydrogens is 264 g/mol. The van der Waals surface area contributed by atoms with Crippen molar-refractivity contribution in [1.82, 2.24) is 8.87 Å². The molecule has 1 heterocycles. The average Bonchev–Trinajstić information content (AvgIpc) is 2.79. The normalized spacial score (nSPS) is 12.1. The van der Waals surface area contributed by atoms with Crippen molar-refractivity contribution < 1.29 is 13.5 Å². The van der Waals surface area contributed by atoms with E-state index in [1.165, 1.54) is 10.4 Å². The third kappa shape index (κ3) is 3.46. The van der Waals surface area contributed by atoms with E-state index in [1.54, 1.807) is 24.6 Å². The predicted octanol–water partition coefficient (Wildman–Crippen LogP) is 1.59. The number of hydrogen-bond donors (Lipinski definition) is 1. The monoisotopic (exact) mass is 286 g/mol. The van der Waals surface area contributed by atoms with Crippen LogP contribution < -0.4 is 0 Å². The third-order valence-electron chi connectivity index (χ3n) is 2.90. The zero-order valence-electron chi connectivity index (χ0n) is 11.8. The Morgan fingerprint density at radius 1 is 1.47 bits per heavy atom. The number of aromatic nitrogens is 1. The summed E-state index contributed by atoms with van der Waals surface area (Å²) >= 11 is 0. The van der Waals surface area contributed by atoms with Gasteiger partial charge in [0, 0.05) is 31.5 Å². The minimum atomic E-state index is -3.53. The molecule has 0 atom stereocenters. The summed E-state index contributed by atoms with van der Waals surface area (Å²) in [6.07, 6.45) is 1.57. The highest BCUT2D eigenvalue weighted by Gasteiger charge is 2.25. The van der Waals surface area contributed by atoms with Gasteiger partial charge in [0.05, 0.1) is 6.61 Å². The second kappa shape index (κ2) is 6.36. The van der Waals surface area contributed by atoms with Crippen LogP contribution in [0.2, 0.25) is 0 Å².